The molecule has 3 N–H and O–H groups in total. The first-order valence-corrected chi connectivity index (χ1v) is 6.70. The average Bonchev–Trinajstić information content (AvgIpc) is 2.70. The monoisotopic (exact) mass is 249 g/mol. The number of aromatic nitrogens is 1. The van der Waals surface area contributed by atoms with Crippen molar-refractivity contribution in [1.29, 1.82) is 0 Å². The molecule has 0 spiro atoms. The van der Waals surface area contributed by atoms with Gasteiger partial charge in [-0.2, -0.15) is 0 Å². The number of nitrogens with two attached hydrogens (primary N) is 1. The molecular formula is C13H19N3S. The van der Waals surface area contributed by atoms with Crippen LogP contribution in [0.1, 0.15) is 20.8 Å². The van der Waals surface area contributed by atoms with E-state index < -0.39 is 0 Å². The molecule has 2 aromatic rings. The highest BCUT2D eigenvalue weighted by Gasteiger charge is 2.27. The van der Waals surface area contributed by atoms with Crippen molar-refractivity contribution in [2.24, 2.45) is 11.7 Å². The van der Waals surface area contributed by atoms with Crippen LogP contribution in [0.4, 0.5) is 5.13 Å². The Morgan fingerprint density at radius 1 is 1.41 bits per heavy atom. The molecule has 0 fully saturated rings. The molecule has 0 saturated heterocycles. The largest absolute Gasteiger partial charge is 0.355 e. The fraction of sp³-hybridized carbons (Fsp3) is 0.462. The lowest BCUT2D eigenvalue weighted by Crippen LogP contribution is -2.47. The molecule has 1 atom stereocenters. The lowest BCUT2D eigenvalue weighted by Gasteiger charge is -2.33. The van der Waals surface area contributed by atoms with Crippen molar-refractivity contribution in [2.75, 3.05) is 11.9 Å². The molecular weight excluding hydrogens is 230 g/mol. The summed E-state index contributed by atoms with van der Waals surface area (Å²) in [5, 5.41) is 4.43. The van der Waals surface area contributed by atoms with E-state index in [-0.39, 0.29) is 5.54 Å². The van der Waals surface area contributed by atoms with Crippen LogP contribution in [-0.2, 0) is 0 Å². The van der Waals surface area contributed by atoms with E-state index in [1.807, 2.05) is 18.2 Å². The molecule has 4 heteroatoms. The summed E-state index contributed by atoms with van der Waals surface area (Å²) in [7, 11) is 0. The average molecular weight is 249 g/mol. The second-order valence-corrected chi connectivity index (χ2v) is 5.92. The standard InChI is InChI=1S/C13H19N3S/c1-9(2)13(3,8-14)16-12-15-10-6-4-5-7-11(10)17-12/h4-7,9H,8,14H2,1-3H3,(H,15,16). The van der Waals surface area contributed by atoms with Crippen molar-refractivity contribution in [1.82, 2.24) is 4.98 Å². The maximum Gasteiger partial charge on any atom is 0.184 e. The summed E-state index contributed by atoms with van der Waals surface area (Å²) in [5.74, 6) is 0.458. The van der Waals surface area contributed by atoms with Gasteiger partial charge in [0.2, 0.25) is 0 Å². The van der Waals surface area contributed by atoms with Crippen LogP contribution in [0, 0.1) is 5.92 Å². The third-order valence-electron chi connectivity index (χ3n) is 3.38. The zero-order valence-electron chi connectivity index (χ0n) is 10.5. The fourth-order valence-corrected chi connectivity index (χ4v) is 2.60. The van der Waals surface area contributed by atoms with E-state index in [1.165, 1.54) is 4.70 Å². The quantitative estimate of drug-likeness (QED) is 0.875. The van der Waals surface area contributed by atoms with Gasteiger partial charge in [0.25, 0.3) is 0 Å². The molecule has 0 aliphatic rings. The summed E-state index contributed by atoms with van der Waals surface area (Å²) < 4.78 is 1.21. The van der Waals surface area contributed by atoms with Crippen LogP contribution in [-0.4, -0.2) is 17.1 Å². The molecule has 0 saturated carbocycles. The summed E-state index contributed by atoms with van der Waals surface area (Å²) >= 11 is 1.68. The van der Waals surface area contributed by atoms with Gasteiger partial charge in [-0.15, -0.1) is 0 Å². The molecule has 0 aliphatic heterocycles. The molecule has 17 heavy (non-hydrogen) atoms. The van der Waals surface area contributed by atoms with Crippen LogP contribution in [0.5, 0.6) is 0 Å². The van der Waals surface area contributed by atoms with Crippen LogP contribution in [0.15, 0.2) is 24.3 Å². The first-order valence-electron chi connectivity index (χ1n) is 5.89. The van der Waals surface area contributed by atoms with Gasteiger partial charge in [-0.25, -0.2) is 4.98 Å². The van der Waals surface area contributed by atoms with Gasteiger partial charge >= 0.3 is 0 Å². The van der Waals surface area contributed by atoms with Crippen LogP contribution in [0.25, 0.3) is 10.2 Å². The summed E-state index contributed by atoms with van der Waals surface area (Å²) in [4.78, 5) is 4.58. The Kier molecular flexibility index (Phi) is 3.35. The van der Waals surface area contributed by atoms with Gasteiger partial charge in [-0.05, 0) is 25.0 Å². The third-order valence-corrected chi connectivity index (χ3v) is 4.34. The van der Waals surface area contributed by atoms with Gasteiger partial charge < -0.3 is 11.1 Å². The molecule has 3 nitrogen and oxygen atoms in total. The molecule has 0 amide bonds. The Hall–Kier alpha value is -1.13. The Labute approximate surface area is 106 Å². The number of nitrogens with zero attached hydrogens (tertiary/aromatic N) is 1. The summed E-state index contributed by atoms with van der Waals surface area (Å²) in [5.41, 5.74) is 6.81. The Morgan fingerprint density at radius 2 is 2.12 bits per heavy atom. The van der Waals surface area contributed by atoms with Crippen molar-refractivity contribution >= 4 is 26.7 Å². The van der Waals surface area contributed by atoms with E-state index in [4.69, 9.17) is 5.73 Å². The minimum Gasteiger partial charge on any atom is -0.355 e. The van der Waals surface area contributed by atoms with Crippen LogP contribution < -0.4 is 11.1 Å². The van der Waals surface area contributed by atoms with Gasteiger partial charge in [0.05, 0.1) is 15.8 Å². The van der Waals surface area contributed by atoms with Gasteiger partial charge in [0.1, 0.15) is 0 Å². The van der Waals surface area contributed by atoms with Crippen molar-refractivity contribution in [3.63, 3.8) is 0 Å². The highest BCUT2D eigenvalue weighted by Crippen LogP contribution is 2.29. The molecule has 1 aromatic carbocycles. The van der Waals surface area contributed by atoms with Crippen LogP contribution in [0.2, 0.25) is 0 Å². The number of nitrogens with one attached hydrogen (secondary N) is 1. The topological polar surface area (TPSA) is 50.9 Å². The van der Waals surface area contributed by atoms with Gasteiger partial charge in [0.15, 0.2) is 5.13 Å². The molecule has 1 aromatic heterocycles. The fourth-order valence-electron chi connectivity index (χ4n) is 1.60. The Morgan fingerprint density at radius 3 is 2.71 bits per heavy atom. The highest BCUT2D eigenvalue weighted by molar-refractivity contribution is 7.22. The van der Waals surface area contributed by atoms with Gasteiger partial charge in [-0.1, -0.05) is 37.3 Å². The van der Waals surface area contributed by atoms with E-state index in [9.17, 15) is 0 Å². The van der Waals surface area contributed by atoms with Crippen molar-refractivity contribution in [3.05, 3.63) is 24.3 Å². The zero-order valence-corrected chi connectivity index (χ0v) is 11.3. The normalized spacial score (nSPS) is 15.1. The number of benzene rings is 1. The summed E-state index contributed by atoms with van der Waals surface area (Å²) in [6.07, 6.45) is 0. The van der Waals surface area contributed by atoms with Gasteiger partial charge in [-0.3, -0.25) is 0 Å². The molecule has 92 valence electrons. The van der Waals surface area contributed by atoms with Gasteiger partial charge in [0, 0.05) is 6.54 Å². The minimum absolute atomic E-state index is 0.103. The third kappa shape index (κ3) is 2.42. The summed E-state index contributed by atoms with van der Waals surface area (Å²) in [6.45, 7) is 7.09. The van der Waals surface area contributed by atoms with E-state index >= 15 is 0 Å². The van der Waals surface area contributed by atoms with Crippen LogP contribution in [0.3, 0.4) is 0 Å². The molecule has 0 bridgehead atoms. The second kappa shape index (κ2) is 4.63. The number of anilines is 1. The number of hydrogen-bond donors (Lipinski definition) is 2. The SMILES string of the molecule is CC(C)C(C)(CN)Nc1nc2ccccc2s1. The van der Waals surface area contributed by atoms with E-state index in [1.54, 1.807) is 11.3 Å². The Bertz CT molecular complexity index is 473. The number of hydrogen-bond acceptors (Lipinski definition) is 4. The van der Waals surface area contributed by atoms with Crippen LogP contribution >= 0.6 is 11.3 Å². The predicted octanol–water partition coefficient (Wildman–Crippen LogP) is 3.08. The predicted molar refractivity (Wildman–Crippen MR) is 75.5 cm³/mol. The maximum absolute atomic E-state index is 5.86. The molecule has 0 radical (unpaired) electrons. The van der Waals surface area contributed by atoms with Crippen molar-refractivity contribution in [3.8, 4) is 0 Å². The number of rotatable bonds is 4. The number of para-hydroxylation sites is 1. The molecule has 1 heterocycles. The molecule has 2 rings (SSSR count). The Balaban J connectivity index is 2.29. The number of thiazole rings is 1. The smallest absolute Gasteiger partial charge is 0.184 e. The number of fused-ring (bicyclic) bond motifs is 1. The first kappa shape index (κ1) is 12.3. The van der Waals surface area contributed by atoms with Crippen molar-refractivity contribution < 1.29 is 0 Å². The lowest BCUT2D eigenvalue weighted by molar-refractivity contribution is 0.382. The lowest BCUT2D eigenvalue weighted by atomic mass is 9.89. The highest BCUT2D eigenvalue weighted by atomic mass is 32.1. The zero-order chi connectivity index (χ0) is 12.5. The van der Waals surface area contributed by atoms with Crippen molar-refractivity contribution in [2.45, 2.75) is 26.3 Å². The summed E-state index contributed by atoms with van der Waals surface area (Å²) in [6, 6.07) is 8.17. The minimum atomic E-state index is -0.103. The second-order valence-electron chi connectivity index (χ2n) is 4.89. The van der Waals surface area contributed by atoms with E-state index in [0.717, 1.165) is 10.6 Å². The van der Waals surface area contributed by atoms with E-state index in [0.29, 0.717) is 12.5 Å². The molecule has 0 aliphatic carbocycles. The molecule has 1 unspecified atom stereocenters. The maximum atomic E-state index is 5.86. The van der Waals surface area contributed by atoms with E-state index in [2.05, 4.69) is 37.1 Å². The first-order chi connectivity index (χ1) is 8.05.